The van der Waals surface area contributed by atoms with Gasteiger partial charge in [0.15, 0.2) is 11.6 Å². The van der Waals surface area contributed by atoms with Crippen LogP contribution in [0.15, 0.2) is 35.2 Å². The number of halogens is 3. The van der Waals surface area contributed by atoms with E-state index in [-0.39, 0.29) is 11.4 Å². The monoisotopic (exact) mass is 316 g/mol. The quantitative estimate of drug-likeness (QED) is 0.855. The normalized spacial score (nSPS) is 11.4. The number of nitrogens with one attached hydrogen (secondary N) is 1. The molecule has 0 radical (unpaired) electrons. The molecular weight excluding hydrogens is 305 g/mol. The van der Waals surface area contributed by atoms with Crippen LogP contribution < -0.4 is 10.5 Å². The molecule has 0 aliphatic rings. The average molecular weight is 316 g/mol. The van der Waals surface area contributed by atoms with Crippen molar-refractivity contribution >= 4 is 21.4 Å². The first-order chi connectivity index (χ1) is 9.69. The molecular formula is C13H11F3N2O2S. The van der Waals surface area contributed by atoms with Gasteiger partial charge in [0.05, 0.1) is 5.69 Å². The van der Waals surface area contributed by atoms with Gasteiger partial charge in [-0.3, -0.25) is 4.72 Å². The molecule has 0 aromatic heterocycles. The summed E-state index contributed by atoms with van der Waals surface area (Å²) in [4.78, 5) is -0.943. The van der Waals surface area contributed by atoms with Crippen molar-refractivity contribution in [2.75, 3.05) is 10.5 Å². The van der Waals surface area contributed by atoms with Crippen molar-refractivity contribution in [2.24, 2.45) is 0 Å². The molecule has 0 aliphatic heterocycles. The molecule has 0 saturated carbocycles. The highest BCUT2D eigenvalue weighted by Gasteiger charge is 2.23. The zero-order chi connectivity index (χ0) is 15.8. The maximum atomic E-state index is 13.6. The van der Waals surface area contributed by atoms with Crippen molar-refractivity contribution in [1.82, 2.24) is 0 Å². The lowest BCUT2D eigenvalue weighted by Crippen LogP contribution is -2.16. The van der Waals surface area contributed by atoms with Gasteiger partial charge in [-0.2, -0.15) is 0 Å². The number of nitrogen functional groups attached to an aromatic ring is 1. The summed E-state index contributed by atoms with van der Waals surface area (Å²) in [7, 11) is -4.43. The molecule has 0 atom stereocenters. The van der Waals surface area contributed by atoms with Gasteiger partial charge in [0, 0.05) is 5.69 Å². The molecule has 8 heteroatoms. The Kier molecular flexibility index (Phi) is 3.82. The number of hydrogen-bond donors (Lipinski definition) is 2. The summed E-state index contributed by atoms with van der Waals surface area (Å²) in [6.45, 7) is 1.56. The molecule has 0 saturated heterocycles. The van der Waals surface area contributed by atoms with Crippen LogP contribution in [0.5, 0.6) is 0 Å². The Balaban J connectivity index is 2.48. The number of nitrogens with two attached hydrogens (primary N) is 1. The van der Waals surface area contributed by atoms with E-state index in [4.69, 9.17) is 5.73 Å². The Hall–Kier alpha value is -2.22. The highest BCUT2D eigenvalue weighted by Crippen LogP contribution is 2.24. The number of anilines is 2. The zero-order valence-electron chi connectivity index (χ0n) is 10.8. The smallest absolute Gasteiger partial charge is 0.265 e. The van der Waals surface area contributed by atoms with Gasteiger partial charge in [-0.05, 0) is 42.8 Å². The van der Waals surface area contributed by atoms with Crippen LogP contribution in [-0.4, -0.2) is 8.42 Å². The van der Waals surface area contributed by atoms with Gasteiger partial charge in [0.2, 0.25) is 0 Å². The van der Waals surface area contributed by atoms with E-state index < -0.39 is 32.4 Å². The Bertz CT molecular complexity index is 787. The number of rotatable bonds is 3. The Morgan fingerprint density at radius 2 is 1.71 bits per heavy atom. The summed E-state index contributed by atoms with van der Waals surface area (Å²) in [5, 5.41) is 0. The van der Waals surface area contributed by atoms with Crippen LogP contribution in [0.4, 0.5) is 24.5 Å². The summed E-state index contributed by atoms with van der Waals surface area (Å²) in [6.07, 6.45) is 0. The van der Waals surface area contributed by atoms with Gasteiger partial charge in [0.1, 0.15) is 10.7 Å². The number of hydrogen-bond acceptors (Lipinski definition) is 3. The van der Waals surface area contributed by atoms with Gasteiger partial charge in [-0.1, -0.05) is 0 Å². The van der Waals surface area contributed by atoms with Gasteiger partial charge in [-0.15, -0.1) is 0 Å². The second-order valence-corrected chi connectivity index (χ2v) is 6.09. The van der Waals surface area contributed by atoms with Crippen molar-refractivity contribution < 1.29 is 21.6 Å². The summed E-state index contributed by atoms with van der Waals surface area (Å²) in [5.74, 6) is -3.59. The molecule has 0 fully saturated rings. The molecule has 0 amide bonds. The van der Waals surface area contributed by atoms with Crippen LogP contribution in [-0.2, 0) is 10.0 Å². The van der Waals surface area contributed by atoms with Crippen LogP contribution in [0, 0.1) is 24.4 Å². The molecule has 0 bridgehead atoms. The Morgan fingerprint density at radius 3 is 2.33 bits per heavy atom. The fourth-order valence-corrected chi connectivity index (χ4v) is 2.95. The topological polar surface area (TPSA) is 72.2 Å². The van der Waals surface area contributed by atoms with E-state index in [1.54, 1.807) is 6.92 Å². The minimum Gasteiger partial charge on any atom is -0.399 e. The van der Waals surface area contributed by atoms with E-state index in [0.717, 1.165) is 12.1 Å². The van der Waals surface area contributed by atoms with Crippen molar-refractivity contribution in [3.05, 3.63) is 53.3 Å². The molecule has 21 heavy (non-hydrogen) atoms. The predicted octanol–water partition coefficient (Wildman–Crippen LogP) is 2.80. The second-order valence-electron chi connectivity index (χ2n) is 4.44. The van der Waals surface area contributed by atoms with Gasteiger partial charge < -0.3 is 5.73 Å². The minimum atomic E-state index is -4.43. The number of aryl methyl sites for hydroxylation is 1. The third-order valence-corrected chi connectivity index (χ3v) is 3.98. The molecule has 2 aromatic carbocycles. The summed E-state index contributed by atoms with van der Waals surface area (Å²) in [5.41, 5.74) is 5.42. The standard InChI is InChI=1S/C13H11F3N2O2S/c1-7-2-8(14)4-10(3-7)18-21(19,20)12-6-9(17)5-11(15)13(12)16/h2-6,18H,17H2,1H3. The molecule has 0 unspecified atom stereocenters. The SMILES string of the molecule is Cc1cc(F)cc(NS(=O)(=O)c2cc(N)cc(F)c2F)c1. The van der Waals surface area contributed by atoms with E-state index in [0.29, 0.717) is 11.6 Å². The second kappa shape index (κ2) is 5.28. The molecule has 112 valence electrons. The van der Waals surface area contributed by atoms with Crippen molar-refractivity contribution in [1.29, 1.82) is 0 Å². The molecule has 2 aromatic rings. The van der Waals surface area contributed by atoms with Crippen molar-refractivity contribution in [2.45, 2.75) is 11.8 Å². The third-order valence-electron chi connectivity index (χ3n) is 2.60. The van der Waals surface area contributed by atoms with E-state index in [2.05, 4.69) is 0 Å². The molecule has 0 aliphatic carbocycles. The maximum Gasteiger partial charge on any atom is 0.265 e. The van der Waals surface area contributed by atoms with E-state index in [1.807, 2.05) is 4.72 Å². The third kappa shape index (κ3) is 3.27. The Morgan fingerprint density at radius 1 is 1.05 bits per heavy atom. The summed E-state index contributed by atoms with van der Waals surface area (Å²) >= 11 is 0. The Labute approximate surface area is 119 Å². The summed E-state index contributed by atoms with van der Waals surface area (Å²) in [6, 6.07) is 4.92. The van der Waals surface area contributed by atoms with E-state index in [9.17, 15) is 21.6 Å². The lowest BCUT2D eigenvalue weighted by atomic mass is 10.2. The number of sulfonamides is 1. The minimum absolute atomic E-state index is 0.102. The largest absolute Gasteiger partial charge is 0.399 e. The molecule has 0 heterocycles. The highest BCUT2D eigenvalue weighted by atomic mass is 32.2. The number of benzene rings is 2. The van der Waals surface area contributed by atoms with E-state index >= 15 is 0 Å². The van der Waals surface area contributed by atoms with Crippen molar-refractivity contribution in [3.8, 4) is 0 Å². The highest BCUT2D eigenvalue weighted by molar-refractivity contribution is 7.92. The molecule has 4 nitrogen and oxygen atoms in total. The zero-order valence-corrected chi connectivity index (χ0v) is 11.6. The van der Waals surface area contributed by atoms with Gasteiger partial charge >= 0.3 is 0 Å². The maximum absolute atomic E-state index is 13.6. The van der Waals surface area contributed by atoms with Crippen LogP contribution in [0.25, 0.3) is 0 Å². The predicted molar refractivity (Wildman–Crippen MR) is 72.7 cm³/mol. The van der Waals surface area contributed by atoms with Gasteiger partial charge in [0.25, 0.3) is 10.0 Å². The van der Waals surface area contributed by atoms with Crippen LogP contribution in [0.2, 0.25) is 0 Å². The first-order valence-corrected chi connectivity index (χ1v) is 7.22. The van der Waals surface area contributed by atoms with Crippen LogP contribution in [0.1, 0.15) is 5.56 Å². The summed E-state index contributed by atoms with van der Waals surface area (Å²) < 4.78 is 66.2. The fourth-order valence-electron chi connectivity index (χ4n) is 1.78. The molecule has 3 N–H and O–H groups in total. The first-order valence-electron chi connectivity index (χ1n) is 5.73. The van der Waals surface area contributed by atoms with Crippen LogP contribution >= 0.6 is 0 Å². The average Bonchev–Trinajstić information content (AvgIpc) is 2.31. The van der Waals surface area contributed by atoms with Crippen molar-refractivity contribution in [3.63, 3.8) is 0 Å². The van der Waals surface area contributed by atoms with Gasteiger partial charge in [-0.25, -0.2) is 21.6 Å². The lowest BCUT2D eigenvalue weighted by Gasteiger charge is -2.10. The first kappa shape index (κ1) is 15.2. The van der Waals surface area contributed by atoms with E-state index in [1.165, 1.54) is 12.1 Å². The van der Waals surface area contributed by atoms with Crippen LogP contribution in [0.3, 0.4) is 0 Å². The lowest BCUT2D eigenvalue weighted by molar-refractivity contribution is 0.486. The molecule has 2 rings (SSSR count). The molecule has 0 spiro atoms. The fraction of sp³-hybridized carbons (Fsp3) is 0.0769.